The number of piperidine rings is 1. The van der Waals surface area contributed by atoms with Gasteiger partial charge in [-0.05, 0) is 45.2 Å². The molecule has 1 aromatic rings. The Bertz CT molecular complexity index is 470. The fraction of sp³-hybridized carbons (Fsp3) is 0.538. The molecule has 0 aliphatic carbocycles. The second-order valence-electron chi connectivity index (χ2n) is 5.01. The number of nitrogen functional groups attached to an aromatic ring is 1. The number of hydrogen-bond acceptors (Lipinski definition) is 4. The van der Waals surface area contributed by atoms with Gasteiger partial charge in [-0.25, -0.2) is 10.8 Å². The second-order valence-corrected chi connectivity index (χ2v) is 5.42. The summed E-state index contributed by atoms with van der Waals surface area (Å²) >= 11 is 6.08. The van der Waals surface area contributed by atoms with Gasteiger partial charge in [0.15, 0.2) is 0 Å². The van der Waals surface area contributed by atoms with E-state index >= 15 is 0 Å². The summed E-state index contributed by atoms with van der Waals surface area (Å²) in [6, 6.07) is 3.70. The van der Waals surface area contributed by atoms with Gasteiger partial charge in [0.05, 0.1) is 5.02 Å². The van der Waals surface area contributed by atoms with E-state index in [1.54, 1.807) is 12.1 Å². The molecule has 1 fully saturated rings. The van der Waals surface area contributed by atoms with Crippen LogP contribution in [-0.4, -0.2) is 27.9 Å². The van der Waals surface area contributed by atoms with Crippen LogP contribution in [0.2, 0.25) is 5.02 Å². The van der Waals surface area contributed by atoms with Gasteiger partial charge in [-0.2, -0.15) is 0 Å². The number of carbonyl (C=O) groups is 1. The van der Waals surface area contributed by atoms with Crippen molar-refractivity contribution >= 4 is 23.3 Å². The van der Waals surface area contributed by atoms with E-state index in [4.69, 9.17) is 17.4 Å². The Hall–Kier alpha value is -1.33. The minimum Gasteiger partial charge on any atom is -0.332 e. The largest absolute Gasteiger partial charge is 0.332 e. The molecule has 2 heterocycles. The van der Waals surface area contributed by atoms with E-state index in [9.17, 15) is 4.79 Å². The highest BCUT2D eigenvalue weighted by Crippen LogP contribution is 2.26. The fourth-order valence-corrected chi connectivity index (χ4v) is 2.80. The number of pyridine rings is 1. The van der Waals surface area contributed by atoms with Crippen molar-refractivity contribution in [1.82, 2.24) is 9.88 Å². The Morgan fingerprint density at radius 3 is 2.63 bits per heavy atom. The van der Waals surface area contributed by atoms with Crippen molar-refractivity contribution in [1.29, 1.82) is 0 Å². The van der Waals surface area contributed by atoms with Gasteiger partial charge < -0.3 is 10.3 Å². The molecule has 0 aromatic carbocycles. The molecule has 1 aliphatic rings. The van der Waals surface area contributed by atoms with E-state index in [1.165, 1.54) is 0 Å². The van der Waals surface area contributed by atoms with Crippen LogP contribution >= 0.6 is 11.6 Å². The van der Waals surface area contributed by atoms with E-state index in [0.717, 1.165) is 19.3 Å². The van der Waals surface area contributed by atoms with E-state index in [2.05, 4.69) is 24.3 Å². The minimum absolute atomic E-state index is 0.123. The van der Waals surface area contributed by atoms with Crippen LogP contribution in [0.15, 0.2) is 12.1 Å². The van der Waals surface area contributed by atoms with Crippen LogP contribution in [0.4, 0.5) is 5.82 Å². The quantitative estimate of drug-likeness (QED) is 0.645. The highest BCUT2D eigenvalue weighted by Gasteiger charge is 2.31. The van der Waals surface area contributed by atoms with Gasteiger partial charge >= 0.3 is 0 Å². The van der Waals surface area contributed by atoms with Crippen LogP contribution in [0.3, 0.4) is 0 Å². The Labute approximate surface area is 118 Å². The van der Waals surface area contributed by atoms with Crippen molar-refractivity contribution in [3.8, 4) is 0 Å². The maximum Gasteiger partial charge on any atom is 0.274 e. The molecule has 2 rings (SSSR count). The van der Waals surface area contributed by atoms with Crippen molar-refractivity contribution in [2.45, 2.75) is 45.2 Å². The Morgan fingerprint density at radius 1 is 1.42 bits per heavy atom. The van der Waals surface area contributed by atoms with Crippen molar-refractivity contribution in [3.63, 3.8) is 0 Å². The average molecular weight is 283 g/mol. The maximum atomic E-state index is 12.6. The predicted octanol–water partition coefficient (Wildman–Crippen LogP) is 2.42. The molecule has 1 amide bonds. The Balaban J connectivity index is 2.32. The Kier molecular flexibility index (Phi) is 4.27. The van der Waals surface area contributed by atoms with Gasteiger partial charge in [0.2, 0.25) is 0 Å². The van der Waals surface area contributed by atoms with Crippen LogP contribution in [-0.2, 0) is 0 Å². The first-order valence-electron chi connectivity index (χ1n) is 6.50. The number of aromatic nitrogens is 1. The number of hydrazine groups is 1. The first-order valence-corrected chi connectivity index (χ1v) is 6.88. The molecule has 3 N–H and O–H groups in total. The second kappa shape index (κ2) is 5.75. The van der Waals surface area contributed by atoms with Crippen LogP contribution in [0.25, 0.3) is 0 Å². The van der Waals surface area contributed by atoms with Gasteiger partial charge in [0.1, 0.15) is 11.5 Å². The number of nitrogens with two attached hydrogens (primary N) is 1. The molecule has 2 unspecified atom stereocenters. The summed E-state index contributed by atoms with van der Waals surface area (Å²) in [4.78, 5) is 18.7. The molecule has 0 radical (unpaired) electrons. The number of likely N-dealkylation sites (tertiary alicyclic amines) is 1. The summed E-state index contributed by atoms with van der Waals surface area (Å²) in [7, 11) is 0. The summed E-state index contributed by atoms with van der Waals surface area (Å²) in [6.07, 6.45) is 3.18. The lowest BCUT2D eigenvalue weighted by Crippen LogP contribution is -2.47. The van der Waals surface area contributed by atoms with Crippen molar-refractivity contribution in [2.75, 3.05) is 5.43 Å². The molecule has 0 saturated carbocycles. The number of nitrogens with zero attached hydrogens (tertiary/aromatic N) is 2. The molecule has 0 bridgehead atoms. The number of rotatable bonds is 2. The summed E-state index contributed by atoms with van der Waals surface area (Å²) in [6.45, 7) is 4.12. The van der Waals surface area contributed by atoms with Gasteiger partial charge in [-0.1, -0.05) is 11.6 Å². The van der Waals surface area contributed by atoms with Crippen LogP contribution in [0, 0.1) is 0 Å². The first-order chi connectivity index (χ1) is 9.04. The van der Waals surface area contributed by atoms with Crippen LogP contribution < -0.4 is 11.3 Å². The number of halogens is 1. The zero-order valence-electron chi connectivity index (χ0n) is 11.2. The zero-order chi connectivity index (χ0) is 14.0. The lowest BCUT2D eigenvalue weighted by molar-refractivity contribution is 0.0505. The molecule has 2 atom stereocenters. The summed E-state index contributed by atoms with van der Waals surface area (Å²) in [5, 5.41) is 0.356. The van der Waals surface area contributed by atoms with Crippen LogP contribution in [0.1, 0.15) is 43.6 Å². The van der Waals surface area contributed by atoms with E-state index in [1.807, 2.05) is 4.90 Å². The topological polar surface area (TPSA) is 71.2 Å². The summed E-state index contributed by atoms with van der Waals surface area (Å²) in [5.74, 6) is 5.63. The maximum absolute atomic E-state index is 12.6. The molecule has 104 valence electrons. The number of carbonyl (C=O) groups excluding carboxylic acids is 1. The lowest BCUT2D eigenvalue weighted by Gasteiger charge is -2.39. The molecule has 6 heteroatoms. The van der Waals surface area contributed by atoms with Crippen molar-refractivity contribution in [2.24, 2.45) is 5.84 Å². The third-order valence-electron chi connectivity index (χ3n) is 3.62. The van der Waals surface area contributed by atoms with E-state index < -0.39 is 0 Å². The molecule has 0 spiro atoms. The third kappa shape index (κ3) is 2.82. The number of hydrogen-bond donors (Lipinski definition) is 2. The molecular formula is C13H19ClN4O. The monoisotopic (exact) mass is 282 g/mol. The molecule has 1 aromatic heterocycles. The summed E-state index contributed by atoms with van der Waals surface area (Å²) < 4.78 is 0. The smallest absolute Gasteiger partial charge is 0.274 e. The molecule has 19 heavy (non-hydrogen) atoms. The first kappa shape index (κ1) is 14.1. The van der Waals surface area contributed by atoms with Crippen molar-refractivity contribution < 1.29 is 4.79 Å². The number of amides is 1. The lowest BCUT2D eigenvalue weighted by atomic mass is 9.97. The van der Waals surface area contributed by atoms with E-state index in [0.29, 0.717) is 10.8 Å². The summed E-state index contributed by atoms with van der Waals surface area (Å²) in [5.41, 5.74) is 2.70. The predicted molar refractivity (Wildman–Crippen MR) is 76.0 cm³/mol. The van der Waals surface area contributed by atoms with Gasteiger partial charge in [-0.3, -0.25) is 4.79 Å². The standard InChI is InChI=1S/C13H19ClN4O/c1-8-4-3-5-9(2)18(8)13(19)12-10(14)6-7-11(16-12)17-15/h6-9H,3-5,15H2,1-2H3,(H,16,17). The van der Waals surface area contributed by atoms with Gasteiger partial charge in [0.25, 0.3) is 5.91 Å². The normalized spacial score (nSPS) is 23.3. The molecule has 1 aliphatic heterocycles. The molecule has 1 saturated heterocycles. The Morgan fingerprint density at radius 2 is 2.05 bits per heavy atom. The van der Waals surface area contributed by atoms with E-state index in [-0.39, 0.29) is 23.7 Å². The molecular weight excluding hydrogens is 264 g/mol. The fourth-order valence-electron chi connectivity index (χ4n) is 2.62. The van der Waals surface area contributed by atoms with Gasteiger partial charge in [0, 0.05) is 12.1 Å². The van der Waals surface area contributed by atoms with Crippen LogP contribution in [0.5, 0.6) is 0 Å². The highest BCUT2D eigenvalue weighted by molar-refractivity contribution is 6.33. The SMILES string of the molecule is CC1CCCC(C)N1C(=O)c1nc(NN)ccc1Cl. The number of anilines is 1. The highest BCUT2D eigenvalue weighted by atomic mass is 35.5. The molecule has 5 nitrogen and oxygen atoms in total. The minimum atomic E-state index is -0.123. The number of nitrogens with one attached hydrogen (secondary N) is 1. The van der Waals surface area contributed by atoms with Gasteiger partial charge in [-0.15, -0.1) is 0 Å². The average Bonchev–Trinajstić information content (AvgIpc) is 2.39. The zero-order valence-corrected chi connectivity index (χ0v) is 11.9. The van der Waals surface area contributed by atoms with Crippen molar-refractivity contribution in [3.05, 3.63) is 22.8 Å². The third-order valence-corrected chi connectivity index (χ3v) is 3.93.